The van der Waals surface area contributed by atoms with Gasteiger partial charge in [0.05, 0.1) is 0 Å². The van der Waals surface area contributed by atoms with E-state index in [9.17, 15) is 9.59 Å². The zero-order valence-corrected chi connectivity index (χ0v) is 17.3. The number of ether oxygens (including phenoxy) is 2. The van der Waals surface area contributed by atoms with Crippen LogP contribution in [0.5, 0.6) is 0 Å². The number of carbonyl (C=O) groups is 2. The Morgan fingerprint density at radius 2 is 1.53 bits per heavy atom. The van der Waals surface area contributed by atoms with Crippen LogP contribution in [-0.4, -0.2) is 23.1 Å². The summed E-state index contributed by atoms with van der Waals surface area (Å²) >= 11 is 0. The summed E-state index contributed by atoms with van der Waals surface area (Å²) < 4.78 is 11.1. The molecule has 0 unspecified atom stereocenters. The first-order valence-corrected chi connectivity index (χ1v) is 9.45. The molecule has 0 fully saturated rings. The molecule has 0 radical (unpaired) electrons. The molecule has 0 amide bonds. The van der Waals surface area contributed by atoms with Gasteiger partial charge in [0.15, 0.2) is 6.10 Å². The molecule has 2 rings (SSSR count). The minimum atomic E-state index is -2.22. The fourth-order valence-corrected chi connectivity index (χ4v) is 2.81. The highest BCUT2D eigenvalue weighted by Gasteiger charge is 2.50. The third-order valence-corrected chi connectivity index (χ3v) is 4.16. The smallest absolute Gasteiger partial charge is 0.330 e. The molecule has 0 bridgehead atoms. The predicted molar refractivity (Wildman–Crippen MR) is 113 cm³/mol. The fourth-order valence-electron chi connectivity index (χ4n) is 2.81. The summed E-state index contributed by atoms with van der Waals surface area (Å²) in [6.45, 7) is 8.55. The van der Waals surface area contributed by atoms with Crippen molar-refractivity contribution >= 4 is 11.9 Å². The summed E-state index contributed by atoms with van der Waals surface area (Å²) in [5.41, 5.74) is 7.40. The van der Waals surface area contributed by atoms with Crippen molar-refractivity contribution in [3.8, 4) is 0 Å². The number of benzene rings is 2. The minimum Gasteiger partial charge on any atom is -0.459 e. The van der Waals surface area contributed by atoms with Crippen molar-refractivity contribution in [2.75, 3.05) is 0 Å². The van der Waals surface area contributed by atoms with Crippen LogP contribution < -0.4 is 0 Å². The summed E-state index contributed by atoms with van der Waals surface area (Å²) in [6, 6.07) is 18.2. The van der Waals surface area contributed by atoms with Crippen molar-refractivity contribution < 1.29 is 19.1 Å². The molecule has 0 heterocycles. The van der Waals surface area contributed by atoms with Crippen LogP contribution in [0.3, 0.4) is 0 Å². The van der Waals surface area contributed by atoms with Crippen molar-refractivity contribution in [1.82, 2.24) is 0 Å². The second-order valence-electron chi connectivity index (χ2n) is 7.65. The summed E-state index contributed by atoms with van der Waals surface area (Å²) in [5, 5.41) is 3.53. The van der Waals surface area contributed by atoms with Gasteiger partial charge in [-0.25, -0.2) is 0 Å². The van der Waals surface area contributed by atoms with E-state index in [0.29, 0.717) is 11.1 Å². The molecule has 1 atom stereocenters. The molecular formula is C23H25N3O4. The molecule has 0 N–H and O–H groups in total. The van der Waals surface area contributed by atoms with Gasteiger partial charge in [0.2, 0.25) is 5.54 Å². The van der Waals surface area contributed by atoms with E-state index < -0.39 is 29.2 Å². The predicted octanol–water partition coefficient (Wildman–Crippen LogP) is 5.29. The van der Waals surface area contributed by atoms with Crippen LogP contribution in [0, 0.1) is 0 Å². The summed E-state index contributed by atoms with van der Waals surface area (Å²) in [5.74, 6) is -2.00. The monoisotopic (exact) mass is 407 g/mol. The number of rotatable bonds is 8. The normalized spacial score (nSPS) is 12.9. The van der Waals surface area contributed by atoms with Crippen LogP contribution >= 0.6 is 0 Å². The molecule has 7 heteroatoms. The third-order valence-electron chi connectivity index (χ3n) is 4.16. The van der Waals surface area contributed by atoms with E-state index in [0.717, 1.165) is 0 Å². The van der Waals surface area contributed by atoms with E-state index >= 15 is 0 Å². The van der Waals surface area contributed by atoms with Crippen LogP contribution in [-0.2, 0) is 19.1 Å². The molecule has 156 valence electrons. The molecule has 0 aliphatic carbocycles. The zero-order valence-electron chi connectivity index (χ0n) is 17.3. The van der Waals surface area contributed by atoms with Crippen LogP contribution in [0.1, 0.15) is 44.4 Å². The van der Waals surface area contributed by atoms with Crippen molar-refractivity contribution in [3.63, 3.8) is 0 Å². The molecule has 0 aliphatic rings. The average molecular weight is 407 g/mol. The van der Waals surface area contributed by atoms with Gasteiger partial charge >= 0.3 is 11.9 Å². The SMILES string of the molecule is C=CC[C@](N=[N+]=[N-])(C(=O)OC(c1ccccc1)c1ccccc1)C(=O)OC(C)(C)C. The van der Waals surface area contributed by atoms with E-state index in [-0.39, 0.29) is 6.42 Å². The van der Waals surface area contributed by atoms with E-state index in [1.54, 1.807) is 45.0 Å². The highest BCUT2D eigenvalue weighted by Crippen LogP contribution is 2.31. The number of nitrogens with zero attached hydrogens (tertiary/aromatic N) is 3. The molecule has 7 nitrogen and oxygen atoms in total. The maximum absolute atomic E-state index is 13.3. The molecule has 0 spiro atoms. The lowest BCUT2D eigenvalue weighted by atomic mass is 9.95. The van der Waals surface area contributed by atoms with E-state index in [1.807, 2.05) is 36.4 Å². The van der Waals surface area contributed by atoms with Crippen molar-refractivity contribution in [1.29, 1.82) is 0 Å². The maximum Gasteiger partial charge on any atom is 0.330 e. The maximum atomic E-state index is 13.3. The van der Waals surface area contributed by atoms with Gasteiger partial charge in [-0.3, -0.25) is 9.59 Å². The van der Waals surface area contributed by atoms with Gasteiger partial charge in [-0.05, 0) is 43.9 Å². The Hall–Kier alpha value is -3.57. The van der Waals surface area contributed by atoms with Crippen LogP contribution in [0.25, 0.3) is 10.4 Å². The van der Waals surface area contributed by atoms with Gasteiger partial charge in [0, 0.05) is 4.91 Å². The molecule has 0 aromatic heterocycles. The van der Waals surface area contributed by atoms with Crippen molar-refractivity contribution in [3.05, 3.63) is 94.9 Å². The van der Waals surface area contributed by atoms with E-state index in [4.69, 9.17) is 15.0 Å². The Balaban J connectivity index is 2.50. The van der Waals surface area contributed by atoms with Crippen molar-refractivity contribution in [2.45, 2.75) is 44.4 Å². The Labute approximate surface area is 175 Å². The van der Waals surface area contributed by atoms with E-state index in [1.165, 1.54) is 6.08 Å². The molecule has 0 aliphatic heterocycles. The zero-order chi connectivity index (χ0) is 22.2. The highest BCUT2D eigenvalue weighted by molar-refractivity contribution is 6.05. The Morgan fingerprint density at radius 3 is 1.93 bits per heavy atom. The second-order valence-corrected chi connectivity index (χ2v) is 7.65. The summed E-state index contributed by atoms with van der Waals surface area (Å²) in [6.07, 6.45) is 0.251. The first-order chi connectivity index (χ1) is 14.2. The van der Waals surface area contributed by atoms with Crippen LogP contribution in [0.4, 0.5) is 0 Å². The topological polar surface area (TPSA) is 101 Å². The first-order valence-electron chi connectivity index (χ1n) is 9.45. The molecule has 0 saturated heterocycles. The Morgan fingerprint density at radius 1 is 1.03 bits per heavy atom. The number of hydrogen-bond donors (Lipinski definition) is 0. The first kappa shape index (κ1) is 22.7. The van der Waals surface area contributed by atoms with Gasteiger partial charge < -0.3 is 9.47 Å². The Bertz CT molecular complexity index is 892. The Kier molecular flexibility index (Phi) is 7.39. The number of carbonyl (C=O) groups excluding carboxylic acids is 2. The average Bonchev–Trinajstić information content (AvgIpc) is 2.71. The minimum absolute atomic E-state index is 0.263. The van der Waals surface area contributed by atoms with Crippen LogP contribution in [0.15, 0.2) is 78.4 Å². The van der Waals surface area contributed by atoms with Crippen molar-refractivity contribution in [2.24, 2.45) is 5.11 Å². The fraction of sp³-hybridized carbons (Fsp3) is 0.304. The largest absolute Gasteiger partial charge is 0.459 e. The van der Waals surface area contributed by atoms with Gasteiger partial charge in [-0.1, -0.05) is 71.9 Å². The second kappa shape index (κ2) is 9.76. The lowest BCUT2D eigenvalue weighted by Crippen LogP contribution is -2.49. The molecule has 30 heavy (non-hydrogen) atoms. The number of esters is 2. The molecule has 2 aromatic carbocycles. The molecular weight excluding hydrogens is 382 g/mol. The number of hydrogen-bond acceptors (Lipinski definition) is 5. The molecule has 0 saturated carbocycles. The summed E-state index contributed by atoms with van der Waals surface area (Å²) in [7, 11) is 0. The third kappa shape index (κ3) is 5.49. The number of azide groups is 1. The van der Waals surface area contributed by atoms with Gasteiger partial charge in [-0.15, -0.1) is 6.58 Å². The lowest BCUT2D eigenvalue weighted by molar-refractivity contribution is -0.173. The quantitative estimate of drug-likeness (QED) is 0.148. The van der Waals surface area contributed by atoms with Gasteiger partial charge in [0.25, 0.3) is 0 Å². The van der Waals surface area contributed by atoms with E-state index in [2.05, 4.69) is 16.6 Å². The van der Waals surface area contributed by atoms with Crippen LogP contribution in [0.2, 0.25) is 0 Å². The standard InChI is InChI=1S/C23H25N3O4/c1-5-16-23(25-26-24,21(28)30-22(2,3)4)20(27)29-19(17-12-8-6-9-13-17)18-14-10-7-11-15-18/h5-15,19H,1,16H2,2-4H3/t23-/m0/s1. The lowest BCUT2D eigenvalue weighted by Gasteiger charge is -2.30. The molecule has 2 aromatic rings. The van der Waals surface area contributed by atoms with Gasteiger partial charge in [-0.2, -0.15) is 0 Å². The highest BCUT2D eigenvalue weighted by atomic mass is 16.6. The summed E-state index contributed by atoms with van der Waals surface area (Å²) in [4.78, 5) is 28.9. The van der Waals surface area contributed by atoms with Gasteiger partial charge in [0.1, 0.15) is 5.60 Å².